The number of amides is 1. The molecule has 2 aromatic carbocycles. The van der Waals surface area contributed by atoms with E-state index in [4.69, 9.17) is 9.47 Å². The average molecular weight is 327 g/mol. The van der Waals surface area contributed by atoms with Crippen molar-refractivity contribution in [3.05, 3.63) is 59.7 Å². The summed E-state index contributed by atoms with van der Waals surface area (Å²) in [6.45, 7) is 8.29. The zero-order valence-corrected chi connectivity index (χ0v) is 14.7. The van der Waals surface area contributed by atoms with Crippen molar-refractivity contribution in [2.45, 2.75) is 46.4 Å². The second-order valence-electron chi connectivity index (χ2n) is 6.16. The normalized spacial score (nSPS) is 10.8. The lowest BCUT2D eigenvalue weighted by atomic mass is 10.1. The molecule has 0 aliphatic rings. The molecular weight excluding hydrogens is 302 g/mol. The van der Waals surface area contributed by atoms with E-state index in [1.165, 1.54) is 0 Å². The Morgan fingerprint density at radius 3 is 2.38 bits per heavy atom. The molecule has 0 aliphatic heterocycles. The van der Waals surface area contributed by atoms with Crippen molar-refractivity contribution in [2.24, 2.45) is 0 Å². The van der Waals surface area contributed by atoms with Gasteiger partial charge in [-0.2, -0.15) is 0 Å². The van der Waals surface area contributed by atoms with Crippen molar-refractivity contribution >= 4 is 5.91 Å². The minimum atomic E-state index is -0.151. The summed E-state index contributed by atoms with van der Waals surface area (Å²) in [5.74, 6) is 1.25. The molecule has 0 radical (unpaired) electrons. The Hall–Kier alpha value is -2.49. The molecule has 0 aliphatic carbocycles. The molecule has 4 heteroatoms. The van der Waals surface area contributed by atoms with Gasteiger partial charge in [0.1, 0.15) is 11.5 Å². The Kier molecular flexibility index (Phi) is 6.24. The zero-order chi connectivity index (χ0) is 17.5. The highest BCUT2D eigenvalue weighted by Crippen LogP contribution is 2.20. The first-order chi connectivity index (χ1) is 11.5. The van der Waals surface area contributed by atoms with Gasteiger partial charge in [-0.05, 0) is 57.5 Å². The summed E-state index contributed by atoms with van der Waals surface area (Å²) in [5, 5.41) is 2.93. The molecule has 0 saturated carbocycles. The molecule has 4 nitrogen and oxygen atoms in total. The van der Waals surface area contributed by atoms with Gasteiger partial charge in [-0.1, -0.05) is 24.3 Å². The summed E-state index contributed by atoms with van der Waals surface area (Å²) in [7, 11) is 0. The van der Waals surface area contributed by atoms with E-state index in [2.05, 4.69) is 5.32 Å². The van der Waals surface area contributed by atoms with Crippen LogP contribution in [0.15, 0.2) is 48.5 Å². The first-order valence-electron chi connectivity index (χ1n) is 8.25. The van der Waals surface area contributed by atoms with E-state index in [1.54, 1.807) is 6.07 Å². The predicted octanol–water partition coefficient (Wildman–Crippen LogP) is 4.19. The van der Waals surface area contributed by atoms with Gasteiger partial charge in [-0.25, -0.2) is 0 Å². The van der Waals surface area contributed by atoms with E-state index in [0.29, 0.717) is 17.9 Å². The molecule has 0 spiro atoms. The SMILES string of the molecule is CC(C)Oc1cccc(CNC(=O)c2ccccc2OC(C)C)c1. The largest absolute Gasteiger partial charge is 0.491 e. The minimum absolute atomic E-state index is 0.0174. The summed E-state index contributed by atoms with van der Waals surface area (Å²) in [6, 6.07) is 15.0. The summed E-state index contributed by atoms with van der Waals surface area (Å²) in [5.41, 5.74) is 1.53. The fraction of sp³-hybridized carbons (Fsp3) is 0.350. The Labute approximate surface area is 143 Å². The summed E-state index contributed by atoms with van der Waals surface area (Å²) in [6.07, 6.45) is 0.138. The third-order valence-electron chi connectivity index (χ3n) is 3.22. The van der Waals surface area contributed by atoms with Crippen LogP contribution in [0.4, 0.5) is 0 Å². The van der Waals surface area contributed by atoms with Crippen LogP contribution in [0.25, 0.3) is 0 Å². The highest BCUT2D eigenvalue weighted by Gasteiger charge is 2.13. The molecule has 0 heterocycles. The molecule has 128 valence electrons. The molecule has 1 amide bonds. The van der Waals surface area contributed by atoms with E-state index >= 15 is 0 Å². The number of hydrogen-bond donors (Lipinski definition) is 1. The number of nitrogens with one attached hydrogen (secondary N) is 1. The average Bonchev–Trinajstić information content (AvgIpc) is 2.52. The van der Waals surface area contributed by atoms with Gasteiger partial charge in [0.05, 0.1) is 17.8 Å². The van der Waals surface area contributed by atoms with Crippen LogP contribution in [0.5, 0.6) is 11.5 Å². The number of carbonyl (C=O) groups is 1. The third-order valence-corrected chi connectivity index (χ3v) is 3.22. The quantitative estimate of drug-likeness (QED) is 0.829. The highest BCUT2D eigenvalue weighted by molar-refractivity contribution is 5.96. The molecule has 0 bridgehead atoms. The van der Waals surface area contributed by atoms with Crippen molar-refractivity contribution < 1.29 is 14.3 Å². The Morgan fingerprint density at radius 1 is 0.958 bits per heavy atom. The van der Waals surface area contributed by atoms with Crippen molar-refractivity contribution in [1.29, 1.82) is 0 Å². The second-order valence-corrected chi connectivity index (χ2v) is 6.16. The number of para-hydroxylation sites is 1. The maximum absolute atomic E-state index is 12.5. The number of rotatable bonds is 7. The van der Waals surface area contributed by atoms with E-state index < -0.39 is 0 Å². The summed E-state index contributed by atoms with van der Waals surface area (Å²) < 4.78 is 11.4. The molecule has 24 heavy (non-hydrogen) atoms. The summed E-state index contributed by atoms with van der Waals surface area (Å²) in [4.78, 5) is 12.5. The molecule has 0 saturated heterocycles. The van der Waals surface area contributed by atoms with Gasteiger partial charge in [0.15, 0.2) is 0 Å². The van der Waals surface area contributed by atoms with Crippen LogP contribution in [-0.2, 0) is 6.54 Å². The number of benzene rings is 2. The molecule has 0 fully saturated rings. The lowest BCUT2D eigenvalue weighted by Crippen LogP contribution is -2.24. The van der Waals surface area contributed by atoms with Crippen LogP contribution < -0.4 is 14.8 Å². The van der Waals surface area contributed by atoms with Crippen LogP contribution in [-0.4, -0.2) is 18.1 Å². The van der Waals surface area contributed by atoms with Crippen LogP contribution in [0.2, 0.25) is 0 Å². The molecular formula is C20H25NO3. The van der Waals surface area contributed by atoms with E-state index in [1.807, 2.05) is 70.2 Å². The van der Waals surface area contributed by atoms with Gasteiger partial charge in [0, 0.05) is 6.54 Å². The molecule has 0 unspecified atom stereocenters. The Morgan fingerprint density at radius 2 is 1.67 bits per heavy atom. The third kappa shape index (κ3) is 5.30. The van der Waals surface area contributed by atoms with Crippen LogP contribution >= 0.6 is 0 Å². The standard InChI is InChI=1S/C20H25NO3/c1-14(2)23-17-9-7-8-16(12-17)13-21-20(22)18-10-5-6-11-19(18)24-15(3)4/h5-12,14-15H,13H2,1-4H3,(H,21,22). The summed E-state index contributed by atoms with van der Waals surface area (Å²) >= 11 is 0. The molecule has 0 aromatic heterocycles. The van der Waals surface area contributed by atoms with Crippen molar-refractivity contribution in [1.82, 2.24) is 5.32 Å². The lowest BCUT2D eigenvalue weighted by Gasteiger charge is -2.14. The van der Waals surface area contributed by atoms with Gasteiger partial charge in [-0.3, -0.25) is 4.79 Å². The fourth-order valence-electron chi connectivity index (χ4n) is 2.29. The molecule has 1 N–H and O–H groups in total. The van der Waals surface area contributed by atoms with Gasteiger partial charge >= 0.3 is 0 Å². The van der Waals surface area contributed by atoms with Gasteiger partial charge in [-0.15, -0.1) is 0 Å². The highest BCUT2D eigenvalue weighted by atomic mass is 16.5. The smallest absolute Gasteiger partial charge is 0.255 e. The first kappa shape index (κ1) is 17.9. The second kappa shape index (κ2) is 8.39. The van der Waals surface area contributed by atoms with Crippen molar-refractivity contribution in [2.75, 3.05) is 0 Å². The van der Waals surface area contributed by atoms with E-state index in [9.17, 15) is 4.79 Å². The van der Waals surface area contributed by atoms with E-state index in [0.717, 1.165) is 11.3 Å². The zero-order valence-electron chi connectivity index (χ0n) is 14.7. The predicted molar refractivity (Wildman–Crippen MR) is 95.6 cm³/mol. The Bertz CT molecular complexity index is 680. The number of ether oxygens (including phenoxy) is 2. The minimum Gasteiger partial charge on any atom is -0.491 e. The van der Waals surface area contributed by atoms with Crippen molar-refractivity contribution in [3.63, 3.8) is 0 Å². The molecule has 2 aromatic rings. The van der Waals surface area contributed by atoms with Gasteiger partial charge in [0.2, 0.25) is 0 Å². The van der Waals surface area contributed by atoms with Crippen LogP contribution in [0.1, 0.15) is 43.6 Å². The van der Waals surface area contributed by atoms with E-state index in [-0.39, 0.29) is 18.1 Å². The topological polar surface area (TPSA) is 47.6 Å². The maximum Gasteiger partial charge on any atom is 0.255 e. The lowest BCUT2D eigenvalue weighted by molar-refractivity contribution is 0.0945. The maximum atomic E-state index is 12.5. The number of hydrogen-bond acceptors (Lipinski definition) is 3. The monoisotopic (exact) mass is 327 g/mol. The van der Waals surface area contributed by atoms with Crippen molar-refractivity contribution in [3.8, 4) is 11.5 Å². The fourth-order valence-corrected chi connectivity index (χ4v) is 2.29. The van der Waals surface area contributed by atoms with Crippen LogP contribution in [0, 0.1) is 0 Å². The first-order valence-corrected chi connectivity index (χ1v) is 8.25. The van der Waals surface area contributed by atoms with Gasteiger partial charge < -0.3 is 14.8 Å². The number of carbonyl (C=O) groups excluding carboxylic acids is 1. The molecule has 2 rings (SSSR count). The Balaban J connectivity index is 2.03. The van der Waals surface area contributed by atoms with Gasteiger partial charge in [0.25, 0.3) is 5.91 Å². The molecule has 0 atom stereocenters. The van der Waals surface area contributed by atoms with Crippen LogP contribution in [0.3, 0.4) is 0 Å².